The maximum Gasteiger partial charge on any atom is 0.262 e. The minimum atomic E-state index is -0.322. The van der Waals surface area contributed by atoms with Crippen LogP contribution >= 0.6 is 22.9 Å². The molecule has 3 rings (SSSR count). The first kappa shape index (κ1) is 15.7. The monoisotopic (exact) mass is 347 g/mol. The predicted octanol–water partition coefficient (Wildman–Crippen LogP) is 3.37. The number of hydrogen-bond acceptors (Lipinski definition) is 4. The van der Waals surface area contributed by atoms with E-state index in [4.69, 9.17) is 11.6 Å². The Morgan fingerprint density at radius 3 is 2.91 bits per heavy atom. The number of hydrogen-bond donors (Lipinski definition) is 1. The van der Waals surface area contributed by atoms with Gasteiger partial charge in [0.2, 0.25) is 5.91 Å². The number of amides is 1. The fraction of sp³-hybridized carbons (Fsp3) is 0.188. The predicted molar refractivity (Wildman–Crippen MR) is 93.4 cm³/mol. The number of thiophene rings is 1. The average Bonchev–Trinajstić information content (AvgIpc) is 2.95. The van der Waals surface area contributed by atoms with Gasteiger partial charge in [0, 0.05) is 0 Å². The molecular formula is C16H14ClN3O2S. The molecule has 7 heteroatoms. The van der Waals surface area contributed by atoms with Crippen LogP contribution in [0.1, 0.15) is 11.1 Å². The molecule has 0 saturated carbocycles. The van der Waals surface area contributed by atoms with Gasteiger partial charge in [-0.25, -0.2) is 4.98 Å². The molecule has 0 saturated heterocycles. The number of halogens is 1. The lowest BCUT2D eigenvalue weighted by atomic mass is 10.1. The van der Waals surface area contributed by atoms with Crippen LogP contribution in [0.15, 0.2) is 34.7 Å². The van der Waals surface area contributed by atoms with Crippen LogP contribution in [-0.4, -0.2) is 15.5 Å². The van der Waals surface area contributed by atoms with E-state index in [0.717, 1.165) is 11.1 Å². The lowest BCUT2D eigenvalue weighted by Crippen LogP contribution is -2.27. The zero-order chi connectivity index (χ0) is 16.6. The molecule has 0 aliphatic heterocycles. The number of benzene rings is 1. The summed E-state index contributed by atoms with van der Waals surface area (Å²) in [6.45, 7) is 3.70. The molecule has 23 heavy (non-hydrogen) atoms. The van der Waals surface area contributed by atoms with E-state index in [0.29, 0.717) is 20.9 Å². The number of fused-ring (bicyclic) bond motifs is 1. The van der Waals surface area contributed by atoms with Gasteiger partial charge in [0.15, 0.2) is 0 Å². The lowest BCUT2D eigenvalue weighted by Gasteiger charge is -2.12. The van der Waals surface area contributed by atoms with Crippen LogP contribution in [0.5, 0.6) is 0 Å². The Morgan fingerprint density at radius 2 is 2.17 bits per heavy atom. The van der Waals surface area contributed by atoms with Crippen LogP contribution < -0.4 is 10.9 Å². The van der Waals surface area contributed by atoms with Gasteiger partial charge in [-0.2, -0.15) is 0 Å². The van der Waals surface area contributed by atoms with E-state index in [1.165, 1.54) is 22.2 Å². The van der Waals surface area contributed by atoms with Crippen LogP contribution in [0.3, 0.4) is 0 Å². The first-order chi connectivity index (χ1) is 11.0. The maximum atomic E-state index is 12.3. The summed E-state index contributed by atoms with van der Waals surface area (Å²) >= 11 is 7.58. The van der Waals surface area contributed by atoms with Gasteiger partial charge in [-0.1, -0.05) is 17.7 Å². The van der Waals surface area contributed by atoms with Crippen molar-refractivity contribution < 1.29 is 4.79 Å². The molecule has 2 heterocycles. The second-order valence-electron chi connectivity index (χ2n) is 5.30. The number of carbonyl (C=O) groups excluding carboxylic acids is 1. The molecule has 0 unspecified atom stereocenters. The minimum absolute atomic E-state index is 0.110. The summed E-state index contributed by atoms with van der Waals surface area (Å²) in [5.74, 6) is -0.322. The molecule has 0 aliphatic rings. The van der Waals surface area contributed by atoms with Crippen LogP contribution in [0.25, 0.3) is 10.2 Å². The van der Waals surface area contributed by atoms with Crippen molar-refractivity contribution in [2.24, 2.45) is 0 Å². The quantitative estimate of drug-likeness (QED) is 0.790. The molecule has 3 aromatic rings. The normalized spacial score (nSPS) is 10.9. The molecule has 118 valence electrons. The maximum absolute atomic E-state index is 12.3. The van der Waals surface area contributed by atoms with Crippen molar-refractivity contribution in [3.05, 3.63) is 56.4 Å². The zero-order valence-corrected chi connectivity index (χ0v) is 14.2. The van der Waals surface area contributed by atoms with Crippen molar-refractivity contribution in [3.63, 3.8) is 0 Å². The highest BCUT2D eigenvalue weighted by molar-refractivity contribution is 7.16. The highest BCUT2D eigenvalue weighted by Crippen LogP contribution is 2.27. The molecule has 0 aliphatic carbocycles. The molecule has 1 amide bonds. The number of aromatic nitrogens is 2. The lowest BCUT2D eigenvalue weighted by molar-refractivity contribution is -0.116. The van der Waals surface area contributed by atoms with Crippen molar-refractivity contribution in [2.75, 3.05) is 5.32 Å². The van der Waals surface area contributed by atoms with Crippen LogP contribution in [0.4, 0.5) is 5.69 Å². The fourth-order valence-electron chi connectivity index (χ4n) is 2.41. The molecule has 2 aromatic heterocycles. The Kier molecular flexibility index (Phi) is 4.19. The Balaban J connectivity index is 1.84. The van der Waals surface area contributed by atoms with Gasteiger partial charge >= 0.3 is 0 Å². The largest absolute Gasteiger partial charge is 0.323 e. The van der Waals surface area contributed by atoms with Gasteiger partial charge in [0.1, 0.15) is 11.4 Å². The second kappa shape index (κ2) is 6.14. The van der Waals surface area contributed by atoms with Crippen molar-refractivity contribution in [2.45, 2.75) is 20.4 Å². The summed E-state index contributed by atoms with van der Waals surface area (Å²) in [5, 5.41) is 5.58. The summed E-state index contributed by atoms with van der Waals surface area (Å²) < 4.78 is 1.29. The van der Waals surface area contributed by atoms with Gasteiger partial charge in [0.05, 0.1) is 22.4 Å². The highest BCUT2D eigenvalue weighted by atomic mass is 35.5. The molecule has 0 fully saturated rings. The molecule has 1 aromatic carbocycles. The summed E-state index contributed by atoms with van der Waals surface area (Å²) in [6.07, 6.45) is 1.39. The zero-order valence-electron chi connectivity index (χ0n) is 12.6. The second-order valence-corrected chi connectivity index (χ2v) is 6.61. The number of aryl methyl sites for hydroxylation is 2. The van der Waals surface area contributed by atoms with Crippen LogP contribution in [0, 0.1) is 13.8 Å². The minimum Gasteiger partial charge on any atom is -0.323 e. The van der Waals surface area contributed by atoms with E-state index in [9.17, 15) is 9.59 Å². The standard InChI is InChI=1S/C16H14ClN3O2S/c1-9-5-10(2)14(12(17)6-9)19-13(21)7-20-8-18-15-11(16(20)22)3-4-23-15/h3-6,8H,7H2,1-2H3,(H,19,21). The summed E-state index contributed by atoms with van der Waals surface area (Å²) in [7, 11) is 0. The third-order valence-corrected chi connectivity index (χ3v) is 4.58. The third kappa shape index (κ3) is 3.13. The van der Waals surface area contributed by atoms with E-state index in [-0.39, 0.29) is 18.0 Å². The molecular weight excluding hydrogens is 334 g/mol. The van der Waals surface area contributed by atoms with E-state index < -0.39 is 0 Å². The van der Waals surface area contributed by atoms with Gasteiger partial charge in [0.25, 0.3) is 5.56 Å². The first-order valence-electron chi connectivity index (χ1n) is 6.95. The van der Waals surface area contributed by atoms with E-state index in [1.807, 2.05) is 19.9 Å². The van der Waals surface area contributed by atoms with Crippen LogP contribution in [-0.2, 0) is 11.3 Å². The third-order valence-electron chi connectivity index (χ3n) is 3.46. The summed E-state index contributed by atoms with van der Waals surface area (Å²) in [5.41, 5.74) is 2.24. The van der Waals surface area contributed by atoms with Crippen molar-refractivity contribution in [1.29, 1.82) is 0 Å². The number of carbonyl (C=O) groups is 1. The Bertz CT molecular complexity index is 938. The van der Waals surface area contributed by atoms with Gasteiger partial charge in [-0.05, 0) is 42.5 Å². The van der Waals surface area contributed by atoms with E-state index in [1.54, 1.807) is 17.5 Å². The SMILES string of the molecule is Cc1cc(C)c(NC(=O)Cn2cnc3sccc3c2=O)c(Cl)c1. The highest BCUT2D eigenvalue weighted by Gasteiger charge is 2.12. The van der Waals surface area contributed by atoms with Crippen molar-refractivity contribution in [1.82, 2.24) is 9.55 Å². The van der Waals surface area contributed by atoms with Gasteiger partial charge < -0.3 is 5.32 Å². The Hall–Kier alpha value is -2.18. The van der Waals surface area contributed by atoms with E-state index >= 15 is 0 Å². The summed E-state index contributed by atoms with van der Waals surface area (Å²) in [6, 6.07) is 5.44. The van der Waals surface area contributed by atoms with Crippen molar-refractivity contribution >= 4 is 44.7 Å². The molecule has 0 atom stereocenters. The van der Waals surface area contributed by atoms with Crippen molar-refractivity contribution in [3.8, 4) is 0 Å². The molecule has 0 spiro atoms. The number of nitrogens with zero attached hydrogens (tertiary/aromatic N) is 2. The van der Waals surface area contributed by atoms with E-state index in [2.05, 4.69) is 10.3 Å². The Labute approximate surface area is 141 Å². The summed E-state index contributed by atoms with van der Waals surface area (Å²) in [4.78, 5) is 29.4. The number of nitrogens with one attached hydrogen (secondary N) is 1. The molecule has 0 bridgehead atoms. The molecule has 1 N–H and O–H groups in total. The smallest absolute Gasteiger partial charge is 0.262 e. The number of rotatable bonds is 3. The Morgan fingerprint density at radius 1 is 1.39 bits per heavy atom. The van der Waals surface area contributed by atoms with Gasteiger partial charge in [-0.15, -0.1) is 11.3 Å². The fourth-order valence-corrected chi connectivity index (χ4v) is 3.51. The average molecular weight is 348 g/mol. The first-order valence-corrected chi connectivity index (χ1v) is 8.20. The topological polar surface area (TPSA) is 64.0 Å². The van der Waals surface area contributed by atoms with Gasteiger partial charge in [-0.3, -0.25) is 14.2 Å². The molecule has 0 radical (unpaired) electrons. The number of anilines is 1. The van der Waals surface area contributed by atoms with Crippen LogP contribution in [0.2, 0.25) is 5.02 Å². The molecule has 5 nitrogen and oxygen atoms in total.